The van der Waals surface area contributed by atoms with E-state index >= 15 is 0 Å². The zero-order valence-corrected chi connectivity index (χ0v) is 12.6. The smallest absolute Gasteiger partial charge is 0.255 e. The van der Waals surface area contributed by atoms with Crippen LogP contribution < -0.4 is 16.0 Å². The van der Waals surface area contributed by atoms with E-state index < -0.39 is 0 Å². The van der Waals surface area contributed by atoms with Crippen LogP contribution in [-0.4, -0.2) is 36.1 Å². The highest BCUT2D eigenvalue weighted by Crippen LogP contribution is 2.20. The lowest BCUT2D eigenvalue weighted by Crippen LogP contribution is -2.42. The van der Waals surface area contributed by atoms with Crippen molar-refractivity contribution in [1.82, 2.24) is 15.6 Å². The molecule has 110 valence electrons. The van der Waals surface area contributed by atoms with Crippen molar-refractivity contribution in [1.29, 1.82) is 0 Å². The summed E-state index contributed by atoms with van der Waals surface area (Å²) in [5, 5.41) is 9.96. The summed E-state index contributed by atoms with van der Waals surface area (Å²) in [6, 6.07) is 2.14. The number of halogens is 1. The van der Waals surface area contributed by atoms with Gasteiger partial charge in [0.15, 0.2) is 0 Å². The minimum Gasteiger partial charge on any atom is -0.382 e. The van der Waals surface area contributed by atoms with E-state index in [1.165, 1.54) is 6.20 Å². The minimum absolute atomic E-state index is 0.0933. The second-order valence-corrected chi connectivity index (χ2v) is 5.74. The summed E-state index contributed by atoms with van der Waals surface area (Å²) in [5.74, 6) is -0.0933. The Labute approximate surface area is 124 Å². The van der Waals surface area contributed by atoms with Gasteiger partial charge in [0.1, 0.15) is 5.15 Å². The number of hydrogen-bond acceptors (Lipinski definition) is 4. The Morgan fingerprint density at radius 2 is 2.15 bits per heavy atom. The minimum atomic E-state index is -0.0933. The number of carbonyl (C=O) groups is 1. The summed E-state index contributed by atoms with van der Waals surface area (Å²) in [6.45, 7) is 5.92. The normalized spacial score (nSPS) is 16.2. The second-order valence-electron chi connectivity index (χ2n) is 5.35. The number of aromatic nitrogens is 1. The SMILES string of the molecule is CC(C)Nc1cc(Cl)ncc1C(=O)NC1CCNCC1. The van der Waals surface area contributed by atoms with Crippen LogP contribution in [0.4, 0.5) is 5.69 Å². The molecule has 0 spiro atoms. The quantitative estimate of drug-likeness (QED) is 0.744. The maximum atomic E-state index is 12.4. The van der Waals surface area contributed by atoms with E-state index in [1.54, 1.807) is 6.07 Å². The summed E-state index contributed by atoms with van der Waals surface area (Å²) in [7, 11) is 0. The van der Waals surface area contributed by atoms with Gasteiger partial charge in [-0.3, -0.25) is 4.79 Å². The highest BCUT2D eigenvalue weighted by Gasteiger charge is 2.19. The van der Waals surface area contributed by atoms with Gasteiger partial charge in [-0.15, -0.1) is 0 Å². The van der Waals surface area contributed by atoms with Gasteiger partial charge in [0.2, 0.25) is 0 Å². The predicted molar refractivity (Wildman–Crippen MR) is 81.4 cm³/mol. The lowest BCUT2D eigenvalue weighted by molar-refractivity contribution is 0.0930. The van der Waals surface area contributed by atoms with Crippen LogP contribution in [0.5, 0.6) is 0 Å². The molecule has 0 unspecified atom stereocenters. The van der Waals surface area contributed by atoms with Crippen molar-refractivity contribution in [2.45, 2.75) is 38.8 Å². The molecule has 1 aromatic rings. The van der Waals surface area contributed by atoms with Crippen LogP contribution in [0.1, 0.15) is 37.0 Å². The Kier molecular flexibility index (Phi) is 5.20. The molecule has 20 heavy (non-hydrogen) atoms. The summed E-state index contributed by atoms with van der Waals surface area (Å²) in [6.07, 6.45) is 3.45. The zero-order valence-electron chi connectivity index (χ0n) is 11.9. The van der Waals surface area contributed by atoms with E-state index in [-0.39, 0.29) is 18.0 Å². The summed E-state index contributed by atoms with van der Waals surface area (Å²) in [5.41, 5.74) is 1.27. The molecular weight excluding hydrogens is 276 g/mol. The summed E-state index contributed by atoms with van der Waals surface area (Å²) in [4.78, 5) is 16.4. The van der Waals surface area contributed by atoms with Crippen molar-refractivity contribution in [3.8, 4) is 0 Å². The fourth-order valence-corrected chi connectivity index (χ4v) is 2.43. The van der Waals surface area contributed by atoms with Crippen LogP contribution in [0.3, 0.4) is 0 Å². The molecular formula is C14H21ClN4O. The van der Waals surface area contributed by atoms with E-state index in [0.29, 0.717) is 10.7 Å². The van der Waals surface area contributed by atoms with Gasteiger partial charge in [-0.05, 0) is 45.8 Å². The van der Waals surface area contributed by atoms with Gasteiger partial charge in [0, 0.05) is 18.3 Å². The molecule has 0 saturated carbocycles. The van der Waals surface area contributed by atoms with E-state index in [4.69, 9.17) is 11.6 Å². The molecule has 2 heterocycles. The van der Waals surface area contributed by atoms with Crippen molar-refractivity contribution in [2.75, 3.05) is 18.4 Å². The number of nitrogens with one attached hydrogen (secondary N) is 3. The van der Waals surface area contributed by atoms with Crippen LogP contribution >= 0.6 is 11.6 Å². The zero-order chi connectivity index (χ0) is 14.5. The third-order valence-electron chi connectivity index (χ3n) is 3.23. The average Bonchev–Trinajstić information content (AvgIpc) is 2.39. The van der Waals surface area contributed by atoms with Gasteiger partial charge in [-0.1, -0.05) is 11.6 Å². The molecule has 1 aromatic heterocycles. The number of piperidine rings is 1. The highest BCUT2D eigenvalue weighted by molar-refractivity contribution is 6.29. The molecule has 6 heteroatoms. The molecule has 1 saturated heterocycles. The monoisotopic (exact) mass is 296 g/mol. The molecule has 1 fully saturated rings. The molecule has 2 rings (SSSR count). The Morgan fingerprint density at radius 3 is 2.80 bits per heavy atom. The fraction of sp³-hybridized carbons (Fsp3) is 0.571. The summed E-state index contributed by atoms with van der Waals surface area (Å²) < 4.78 is 0. The maximum Gasteiger partial charge on any atom is 0.255 e. The van der Waals surface area contributed by atoms with Crippen LogP contribution in [0.2, 0.25) is 5.15 Å². The number of pyridine rings is 1. The molecule has 0 bridgehead atoms. The molecule has 0 aliphatic carbocycles. The van der Waals surface area contributed by atoms with Gasteiger partial charge >= 0.3 is 0 Å². The molecule has 0 atom stereocenters. The molecule has 1 amide bonds. The van der Waals surface area contributed by atoms with Gasteiger partial charge in [-0.25, -0.2) is 4.98 Å². The van der Waals surface area contributed by atoms with Gasteiger partial charge < -0.3 is 16.0 Å². The van der Waals surface area contributed by atoms with Crippen LogP contribution in [0, 0.1) is 0 Å². The number of amides is 1. The molecule has 5 nitrogen and oxygen atoms in total. The number of anilines is 1. The lowest BCUT2D eigenvalue weighted by atomic mass is 10.1. The van der Waals surface area contributed by atoms with Gasteiger partial charge in [0.05, 0.1) is 11.3 Å². The first-order chi connectivity index (χ1) is 9.56. The number of rotatable bonds is 4. The Bertz CT molecular complexity index is 472. The van der Waals surface area contributed by atoms with Crippen LogP contribution in [-0.2, 0) is 0 Å². The second kappa shape index (κ2) is 6.90. The summed E-state index contributed by atoms with van der Waals surface area (Å²) >= 11 is 5.91. The van der Waals surface area contributed by atoms with Gasteiger partial charge in [-0.2, -0.15) is 0 Å². The van der Waals surface area contributed by atoms with Crippen molar-refractivity contribution in [2.24, 2.45) is 0 Å². The first kappa shape index (κ1) is 15.1. The first-order valence-corrected chi connectivity index (χ1v) is 7.37. The Morgan fingerprint density at radius 1 is 1.45 bits per heavy atom. The van der Waals surface area contributed by atoms with Crippen LogP contribution in [0.15, 0.2) is 12.3 Å². The lowest BCUT2D eigenvalue weighted by Gasteiger charge is -2.24. The molecule has 0 radical (unpaired) electrons. The van der Waals surface area contributed by atoms with Crippen molar-refractivity contribution >= 4 is 23.2 Å². The van der Waals surface area contributed by atoms with E-state index in [0.717, 1.165) is 31.6 Å². The van der Waals surface area contributed by atoms with Crippen molar-refractivity contribution in [3.05, 3.63) is 23.0 Å². The number of nitrogens with zero attached hydrogens (tertiary/aromatic N) is 1. The maximum absolute atomic E-state index is 12.4. The standard InChI is InChI=1S/C14H21ClN4O/c1-9(2)18-12-7-13(15)17-8-11(12)14(20)19-10-3-5-16-6-4-10/h7-10,16H,3-6H2,1-2H3,(H,17,18)(H,19,20). The van der Waals surface area contributed by atoms with Gasteiger partial charge in [0.25, 0.3) is 5.91 Å². The Hall–Kier alpha value is -1.33. The Balaban J connectivity index is 2.11. The highest BCUT2D eigenvalue weighted by atomic mass is 35.5. The predicted octanol–water partition coefficient (Wildman–Crippen LogP) is 2.04. The average molecular weight is 297 g/mol. The largest absolute Gasteiger partial charge is 0.382 e. The third kappa shape index (κ3) is 4.08. The fourth-order valence-electron chi connectivity index (χ4n) is 2.27. The molecule has 1 aliphatic rings. The van der Waals surface area contributed by atoms with E-state index in [1.807, 2.05) is 13.8 Å². The molecule has 1 aliphatic heterocycles. The van der Waals surface area contributed by atoms with Crippen LogP contribution in [0.25, 0.3) is 0 Å². The number of hydrogen-bond donors (Lipinski definition) is 3. The molecule has 0 aromatic carbocycles. The van der Waals surface area contributed by atoms with E-state index in [9.17, 15) is 4.79 Å². The number of carbonyl (C=O) groups excluding carboxylic acids is 1. The van der Waals surface area contributed by atoms with Crippen molar-refractivity contribution < 1.29 is 4.79 Å². The topological polar surface area (TPSA) is 66.0 Å². The van der Waals surface area contributed by atoms with E-state index in [2.05, 4.69) is 20.9 Å². The molecule has 3 N–H and O–H groups in total. The van der Waals surface area contributed by atoms with Crippen molar-refractivity contribution in [3.63, 3.8) is 0 Å². The first-order valence-electron chi connectivity index (χ1n) is 7.00. The third-order valence-corrected chi connectivity index (χ3v) is 3.44.